The Morgan fingerprint density at radius 3 is 2.53 bits per heavy atom. The van der Waals surface area contributed by atoms with Crippen molar-refractivity contribution in [1.29, 1.82) is 0 Å². The van der Waals surface area contributed by atoms with E-state index in [0.29, 0.717) is 42.8 Å². The molecule has 2 amide bonds. The summed E-state index contributed by atoms with van der Waals surface area (Å²) in [6.07, 6.45) is 1.34. The number of likely N-dealkylation sites (tertiary alicyclic amines) is 1. The van der Waals surface area contributed by atoms with Gasteiger partial charge in [-0.15, -0.1) is 0 Å². The van der Waals surface area contributed by atoms with Gasteiger partial charge in [0.25, 0.3) is 5.91 Å². The van der Waals surface area contributed by atoms with E-state index < -0.39 is 6.61 Å². The largest absolute Gasteiger partial charge is 0.496 e. The predicted octanol–water partition coefficient (Wildman–Crippen LogP) is 4.62. The Hall–Kier alpha value is -3.68. The van der Waals surface area contributed by atoms with Crippen molar-refractivity contribution in [3.8, 4) is 11.5 Å². The zero-order valence-electron chi connectivity index (χ0n) is 18.8. The zero-order valence-corrected chi connectivity index (χ0v) is 18.8. The maximum Gasteiger partial charge on any atom is 0.387 e. The lowest BCUT2D eigenvalue weighted by molar-refractivity contribution is -0.126. The summed E-state index contributed by atoms with van der Waals surface area (Å²) in [6.45, 7) is -2.02. The number of nitrogens with one attached hydrogen (secondary N) is 1. The van der Waals surface area contributed by atoms with Gasteiger partial charge in [-0.2, -0.15) is 8.78 Å². The van der Waals surface area contributed by atoms with E-state index >= 15 is 0 Å². The number of nitrogens with zero attached hydrogens (tertiary/aromatic N) is 1. The van der Waals surface area contributed by atoms with Crippen LogP contribution in [0.2, 0.25) is 0 Å². The molecule has 1 aliphatic heterocycles. The zero-order chi connectivity index (χ0) is 24.1. The first-order valence-electron chi connectivity index (χ1n) is 11.1. The highest BCUT2D eigenvalue weighted by Gasteiger charge is 2.29. The molecule has 34 heavy (non-hydrogen) atoms. The van der Waals surface area contributed by atoms with Gasteiger partial charge in [0.2, 0.25) is 5.91 Å². The summed E-state index contributed by atoms with van der Waals surface area (Å²) in [7, 11) is 1.59. The minimum atomic E-state index is -2.94. The number of ether oxygens (including phenoxy) is 2. The van der Waals surface area contributed by atoms with Crippen molar-refractivity contribution >= 4 is 22.6 Å². The molecule has 1 saturated heterocycles. The number of alkyl halides is 2. The Bertz CT molecular complexity index is 1180. The molecule has 8 heteroatoms. The Balaban J connectivity index is 1.44. The fourth-order valence-electron chi connectivity index (χ4n) is 4.37. The normalized spacial score (nSPS) is 15.9. The van der Waals surface area contributed by atoms with Crippen molar-refractivity contribution in [3.05, 3.63) is 71.8 Å². The molecule has 3 aromatic rings. The minimum Gasteiger partial charge on any atom is -0.496 e. The predicted molar refractivity (Wildman–Crippen MR) is 124 cm³/mol. The first-order valence-corrected chi connectivity index (χ1v) is 11.1. The van der Waals surface area contributed by atoms with E-state index in [0.717, 1.165) is 10.8 Å². The molecule has 0 unspecified atom stereocenters. The van der Waals surface area contributed by atoms with Gasteiger partial charge in [-0.1, -0.05) is 42.5 Å². The number of hydrogen-bond donors (Lipinski definition) is 1. The van der Waals surface area contributed by atoms with E-state index in [9.17, 15) is 18.4 Å². The van der Waals surface area contributed by atoms with Crippen LogP contribution in [0.5, 0.6) is 11.5 Å². The van der Waals surface area contributed by atoms with Crippen molar-refractivity contribution in [2.75, 3.05) is 20.2 Å². The summed E-state index contributed by atoms with van der Waals surface area (Å²) in [5.74, 6) is -0.00912. The molecule has 3 aromatic carbocycles. The molecule has 0 saturated carbocycles. The molecule has 0 aliphatic carbocycles. The maximum absolute atomic E-state index is 13.4. The average Bonchev–Trinajstić information content (AvgIpc) is 2.86. The van der Waals surface area contributed by atoms with E-state index in [2.05, 4.69) is 10.1 Å². The smallest absolute Gasteiger partial charge is 0.387 e. The quantitative estimate of drug-likeness (QED) is 0.550. The molecular weight excluding hydrogens is 442 g/mol. The fraction of sp³-hybridized carbons (Fsp3) is 0.308. The summed E-state index contributed by atoms with van der Waals surface area (Å²) in [5, 5.41) is 4.46. The lowest BCUT2D eigenvalue weighted by Crippen LogP contribution is -2.45. The standard InChI is InChI=1S/C26H26F2N2O4/c1-33-23-13-12-21(19-9-3-4-10-20(19)23)25(32)30-14-6-8-18(16-30)24(31)29-15-17-7-2-5-11-22(17)34-26(27)28/h2-5,7,9-13,18,26H,6,8,14-16H2,1H3,(H,29,31)/t18-/m1/s1. The van der Waals surface area contributed by atoms with Gasteiger partial charge < -0.3 is 19.7 Å². The average molecular weight is 469 g/mol. The lowest BCUT2D eigenvalue weighted by Gasteiger charge is -2.32. The third-order valence-electron chi connectivity index (χ3n) is 6.06. The Morgan fingerprint density at radius 2 is 1.76 bits per heavy atom. The monoisotopic (exact) mass is 468 g/mol. The summed E-state index contributed by atoms with van der Waals surface area (Å²) in [6, 6.07) is 17.5. The first kappa shape index (κ1) is 23.5. The van der Waals surface area contributed by atoms with Crippen LogP contribution in [0.1, 0.15) is 28.8 Å². The molecule has 6 nitrogen and oxygen atoms in total. The summed E-state index contributed by atoms with van der Waals surface area (Å²) >= 11 is 0. The molecule has 1 aliphatic rings. The summed E-state index contributed by atoms with van der Waals surface area (Å²) in [5.41, 5.74) is 1.03. The second-order valence-electron chi connectivity index (χ2n) is 8.16. The number of hydrogen-bond acceptors (Lipinski definition) is 4. The van der Waals surface area contributed by atoms with Crippen LogP contribution in [-0.2, 0) is 11.3 Å². The van der Waals surface area contributed by atoms with Crippen molar-refractivity contribution in [1.82, 2.24) is 10.2 Å². The Morgan fingerprint density at radius 1 is 1.03 bits per heavy atom. The van der Waals surface area contributed by atoms with Crippen LogP contribution in [0.25, 0.3) is 10.8 Å². The highest BCUT2D eigenvalue weighted by molar-refractivity contribution is 6.08. The molecule has 1 atom stereocenters. The van der Waals surface area contributed by atoms with Crippen LogP contribution in [0.3, 0.4) is 0 Å². The topological polar surface area (TPSA) is 67.9 Å². The van der Waals surface area contributed by atoms with Gasteiger partial charge in [-0.3, -0.25) is 9.59 Å². The fourth-order valence-corrected chi connectivity index (χ4v) is 4.37. The number of carbonyl (C=O) groups excluding carboxylic acids is 2. The molecule has 4 rings (SSSR count). The molecule has 1 N–H and O–H groups in total. The number of rotatable bonds is 7. The van der Waals surface area contributed by atoms with Crippen molar-refractivity contribution < 1.29 is 27.8 Å². The third-order valence-corrected chi connectivity index (χ3v) is 6.06. The van der Waals surface area contributed by atoms with Gasteiger partial charge in [-0.05, 0) is 36.4 Å². The molecule has 1 fully saturated rings. The highest BCUT2D eigenvalue weighted by atomic mass is 19.3. The van der Waals surface area contributed by atoms with Crippen LogP contribution < -0.4 is 14.8 Å². The third kappa shape index (κ3) is 5.11. The van der Waals surface area contributed by atoms with E-state index in [1.54, 1.807) is 42.3 Å². The van der Waals surface area contributed by atoms with Crippen LogP contribution in [0.4, 0.5) is 8.78 Å². The van der Waals surface area contributed by atoms with Gasteiger partial charge in [0.15, 0.2) is 0 Å². The number of para-hydroxylation sites is 1. The molecule has 0 bridgehead atoms. The molecule has 0 aromatic heterocycles. The van der Waals surface area contributed by atoms with Gasteiger partial charge in [0.1, 0.15) is 11.5 Å². The van der Waals surface area contributed by atoms with E-state index in [4.69, 9.17) is 4.74 Å². The number of halogens is 2. The van der Waals surface area contributed by atoms with Crippen molar-refractivity contribution in [2.45, 2.75) is 26.0 Å². The summed E-state index contributed by atoms with van der Waals surface area (Å²) < 4.78 is 35.2. The van der Waals surface area contributed by atoms with Crippen LogP contribution in [0.15, 0.2) is 60.7 Å². The molecule has 0 spiro atoms. The first-order chi connectivity index (χ1) is 16.5. The summed E-state index contributed by atoms with van der Waals surface area (Å²) in [4.78, 5) is 27.9. The Labute approximate surface area is 196 Å². The number of methoxy groups -OCH3 is 1. The highest BCUT2D eigenvalue weighted by Crippen LogP contribution is 2.30. The number of fused-ring (bicyclic) bond motifs is 1. The molecule has 178 valence electrons. The van der Waals surface area contributed by atoms with Gasteiger partial charge in [0.05, 0.1) is 13.0 Å². The number of piperidine rings is 1. The van der Waals surface area contributed by atoms with E-state index in [-0.39, 0.29) is 30.0 Å². The molecular formula is C26H26F2N2O4. The minimum absolute atomic E-state index is 0.0321. The number of benzene rings is 3. The maximum atomic E-state index is 13.4. The van der Waals surface area contributed by atoms with Gasteiger partial charge in [0, 0.05) is 36.1 Å². The van der Waals surface area contributed by atoms with Gasteiger partial charge in [-0.25, -0.2) is 0 Å². The second-order valence-corrected chi connectivity index (χ2v) is 8.16. The van der Waals surface area contributed by atoms with Crippen LogP contribution >= 0.6 is 0 Å². The lowest BCUT2D eigenvalue weighted by atomic mass is 9.95. The van der Waals surface area contributed by atoms with Crippen molar-refractivity contribution in [3.63, 3.8) is 0 Å². The SMILES string of the molecule is COc1ccc(C(=O)N2CCC[C@@H](C(=O)NCc3ccccc3OC(F)F)C2)c2ccccc12. The number of amides is 2. The molecule has 0 radical (unpaired) electrons. The van der Waals surface area contributed by atoms with Crippen LogP contribution in [0, 0.1) is 5.92 Å². The van der Waals surface area contributed by atoms with E-state index in [1.807, 2.05) is 24.3 Å². The van der Waals surface area contributed by atoms with Crippen molar-refractivity contribution in [2.24, 2.45) is 5.92 Å². The van der Waals surface area contributed by atoms with Gasteiger partial charge >= 0.3 is 6.61 Å². The Kier molecular flexibility index (Phi) is 7.25. The second kappa shape index (κ2) is 10.5. The number of carbonyl (C=O) groups is 2. The van der Waals surface area contributed by atoms with Crippen LogP contribution in [-0.4, -0.2) is 43.5 Å². The van der Waals surface area contributed by atoms with E-state index in [1.165, 1.54) is 6.07 Å². The molecule has 1 heterocycles.